The molecule has 2 saturated carbocycles. The minimum absolute atomic E-state index is 0.00463. The van der Waals surface area contributed by atoms with Gasteiger partial charge in [0.1, 0.15) is 6.61 Å². The molecular weight excluding hydrogens is 356 g/mol. The van der Waals surface area contributed by atoms with E-state index in [9.17, 15) is 15.0 Å². The summed E-state index contributed by atoms with van der Waals surface area (Å²) in [5.41, 5.74) is 0.996. The summed E-state index contributed by atoms with van der Waals surface area (Å²) in [7, 11) is 0. The Morgan fingerprint density at radius 1 is 0.964 bits per heavy atom. The van der Waals surface area contributed by atoms with Crippen molar-refractivity contribution < 1.29 is 19.7 Å². The highest BCUT2D eigenvalue weighted by atomic mass is 16.6. The second kappa shape index (κ2) is 8.80. The van der Waals surface area contributed by atoms with Crippen molar-refractivity contribution in [2.24, 2.45) is 23.7 Å². The molecule has 2 aliphatic carbocycles. The van der Waals surface area contributed by atoms with E-state index in [1.165, 1.54) is 6.42 Å². The van der Waals surface area contributed by atoms with E-state index in [0.29, 0.717) is 25.0 Å². The maximum absolute atomic E-state index is 12.0. The number of nitrogens with zero attached hydrogens (tertiary/aromatic N) is 1. The van der Waals surface area contributed by atoms with Gasteiger partial charge >= 0.3 is 6.09 Å². The normalized spacial score (nSPS) is 35.9. The van der Waals surface area contributed by atoms with Crippen molar-refractivity contribution >= 4 is 6.09 Å². The highest BCUT2D eigenvalue weighted by Crippen LogP contribution is 2.38. The van der Waals surface area contributed by atoms with Crippen LogP contribution in [0.3, 0.4) is 0 Å². The van der Waals surface area contributed by atoms with Crippen LogP contribution in [-0.2, 0) is 11.3 Å². The first kappa shape index (κ1) is 19.7. The Morgan fingerprint density at radius 2 is 1.68 bits per heavy atom. The lowest BCUT2D eigenvalue weighted by Crippen LogP contribution is -2.31. The molecular formula is C22H32N2O4. The van der Waals surface area contributed by atoms with Crippen molar-refractivity contribution in [3.05, 3.63) is 35.9 Å². The second-order valence-electron chi connectivity index (χ2n) is 8.74. The molecule has 6 heteroatoms. The molecule has 4 aliphatic rings. The molecule has 154 valence electrons. The van der Waals surface area contributed by atoms with Gasteiger partial charge in [0.2, 0.25) is 0 Å². The number of carbonyl (C=O) groups excluding carboxylic acids is 1. The number of nitrogens with one attached hydrogen (secondary N) is 1. The van der Waals surface area contributed by atoms with Crippen LogP contribution in [0.15, 0.2) is 30.3 Å². The predicted octanol–water partition coefficient (Wildman–Crippen LogP) is 2.00. The molecule has 3 N–H and O–H groups in total. The molecule has 2 saturated heterocycles. The summed E-state index contributed by atoms with van der Waals surface area (Å²) in [6.07, 6.45) is 3.68. The zero-order valence-electron chi connectivity index (χ0n) is 16.4. The fraction of sp³-hybridized carbons (Fsp3) is 0.682. The van der Waals surface area contributed by atoms with Gasteiger partial charge < -0.3 is 25.2 Å². The van der Waals surface area contributed by atoms with Gasteiger partial charge in [-0.3, -0.25) is 0 Å². The fourth-order valence-corrected chi connectivity index (χ4v) is 5.32. The van der Waals surface area contributed by atoms with Crippen molar-refractivity contribution in [1.29, 1.82) is 0 Å². The number of hydrogen-bond donors (Lipinski definition) is 3. The molecule has 0 unspecified atom stereocenters. The first-order chi connectivity index (χ1) is 13.6. The average molecular weight is 389 g/mol. The Balaban J connectivity index is 0.000000177. The minimum Gasteiger partial charge on any atom is -0.445 e. The Hall–Kier alpha value is -1.63. The number of hydrogen-bond acceptors (Lipinski definition) is 5. The van der Waals surface area contributed by atoms with Gasteiger partial charge in [-0.2, -0.15) is 0 Å². The van der Waals surface area contributed by atoms with Crippen LogP contribution in [0.2, 0.25) is 0 Å². The predicted molar refractivity (Wildman–Crippen MR) is 106 cm³/mol. The summed E-state index contributed by atoms with van der Waals surface area (Å²) in [4.78, 5) is 13.7. The molecule has 1 amide bonds. The van der Waals surface area contributed by atoms with Gasteiger partial charge in [-0.1, -0.05) is 30.3 Å². The first-order valence-corrected chi connectivity index (χ1v) is 10.6. The number of aliphatic hydroxyl groups is 2. The monoisotopic (exact) mass is 388 g/mol. The molecule has 0 aromatic heterocycles. The summed E-state index contributed by atoms with van der Waals surface area (Å²) in [5.74, 6) is 2.09. The number of likely N-dealkylation sites (tertiary alicyclic amines) is 1. The molecule has 4 fully saturated rings. The van der Waals surface area contributed by atoms with Gasteiger partial charge in [-0.05, 0) is 49.6 Å². The lowest BCUT2D eigenvalue weighted by Gasteiger charge is -2.18. The molecule has 0 radical (unpaired) electrons. The van der Waals surface area contributed by atoms with Crippen LogP contribution in [0, 0.1) is 23.7 Å². The number of ether oxygens (including phenoxy) is 1. The van der Waals surface area contributed by atoms with E-state index < -0.39 is 0 Å². The Kier molecular flexibility index (Phi) is 6.19. The average Bonchev–Trinajstić information content (AvgIpc) is 3.47. The fourth-order valence-electron chi connectivity index (χ4n) is 5.32. The molecule has 2 aliphatic heterocycles. The largest absolute Gasteiger partial charge is 0.445 e. The molecule has 5 rings (SSSR count). The third-order valence-electron chi connectivity index (χ3n) is 7.00. The van der Waals surface area contributed by atoms with Crippen molar-refractivity contribution in [3.63, 3.8) is 0 Å². The topological polar surface area (TPSA) is 82.0 Å². The summed E-state index contributed by atoms with van der Waals surface area (Å²) < 4.78 is 5.32. The second-order valence-corrected chi connectivity index (χ2v) is 8.74. The summed E-state index contributed by atoms with van der Waals surface area (Å²) in [6.45, 7) is 3.87. The van der Waals surface area contributed by atoms with E-state index in [1.807, 2.05) is 30.3 Å². The van der Waals surface area contributed by atoms with E-state index >= 15 is 0 Å². The van der Waals surface area contributed by atoms with Gasteiger partial charge in [0.25, 0.3) is 0 Å². The van der Waals surface area contributed by atoms with Crippen LogP contribution in [0.25, 0.3) is 0 Å². The smallest absolute Gasteiger partial charge is 0.410 e. The zero-order valence-corrected chi connectivity index (χ0v) is 16.4. The van der Waals surface area contributed by atoms with Crippen LogP contribution in [0.1, 0.15) is 31.2 Å². The van der Waals surface area contributed by atoms with Gasteiger partial charge in [-0.25, -0.2) is 4.79 Å². The minimum atomic E-state index is -0.259. The number of carbonyl (C=O) groups is 1. The van der Waals surface area contributed by atoms with E-state index in [1.54, 1.807) is 4.90 Å². The molecule has 0 spiro atoms. The summed E-state index contributed by atoms with van der Waals surface area (Å²) >= 11 is 0. The molecule has 0 bridgehead atoms. The van der Waals surface area contributed by atoms with Crippen LogP contribution in [0.4, 0.5) is 4.79 Å². The molecule has 6 nitrogen and oxygen atoms in total. The number of fused-ring (bicyclic) bond motifs is 2. The van der Waals surface area contributed by atoms with Crippen molar-refractivity contribution in [3.8, 4) is 0 Å². The van der Waals surface area contributed by atoms with Crippen molar-refractivity contribution in [2.75, 3.05) is 26.2 Å². The van der Waals surface area contributed by atoms with Gasteiger partial charge in [0, 0.05) is 31.5 Å². The van der Waals surface area contributed by atoms with Crippen molar-refractivity contribution in [2.45, 2.75) is 44.5 Å². The van der Waals surface area contributed by atoms with Crippen LogP contribution < -0.4 is 5.32 Å². The van der Waals surface area contributed by atoms with Gasteiger partial charge in [0.05, 0.1) is 12.2 Å². The number of rotatable bonds is 2. The van der Waals surface area contributed by atoms with E-state index in [4.69, 9.17) is 4.74 Å². The summed E-state index contributed by atoms with van der Waals surface area (Å²) in [5, 5.41) is 22.5. The van der Waals surface area contributed by atoms with Crippen LogP contribution in [-0.4, -0.2) is 59.6 Å². The SMILES string of the molecule is O=C(OCc1ccccc1)N1C[C@@H]2CC[C@H](O)[C@@H]2C1.O[C@H]1CC[C@H]2CNC[C@H]21. The standard InChI is InChI=1S/C15H19NO3.C7H13NO/c17-14-7-6-12-8-16(9-13(12)14)15(18)19-10-11-4-2-1-3-5-11;9-7-2-1-5-3-8-4-6(5)7/h1-5,12-14,17H,6-10H2;5-9H,1-4H2/t12-,13+,14-;5-,6+,7-/m00/s1. The van der Waals surface area contributed by atoms with Crippen LogP contribution >= 0.6 is 0 Å². The number of amides is 1. The lowest BCUT2D eigenvalue weighted by atomic mass is 10.00. The third-order valence-corrected chi connectivity index (χ3v) is 7.00. The van der Waals surface area contributed by atoms with Gasteiger partial charge in [-0.15, -0.1) is 0 Å². The maximum Gasteiger partial charge on any atom is 0.410 e. The van der Waals surface area contributed by atoms with E-state index in [2.05, 4.69) is 5.32 Å². The first-order valence-electron chi connectivity index (χ1n) is 10.6. The lowest BCUT2D eigenvalue weighted by molar-refractivity contribution is 0.0924. The summed E-state index contributed by atoms with van der Waals surface area (Å²) in [6, 6.07) is 9.68. The van der Waals surface area contributed by atoms with E-state index in [-0.39, 0.29) is 24.2 Å². The highest BCUT2D eigenvalue weighted by Gasteiger charge is 2.43. The Bertz CT molecular complexity index is 655. The zero-order chi connectivity index (χ0) is 19.5. The number of benzene rings is 1. The maximum atomic E-state index is 12.0. The highest BCUT2D eigenvalue weighted by molar-refractivity contribution is 5.68. The number of aliphatic hydroxyl groups excluding tert-OH is 2. The molecule has 28 heavy (non-hydrogen) atoms. The Morgan fingerprint density at radius 3 is 2.39 bits per heavy atom. The van der Waals surface area contributed by atoms with Crippen LogP contribution in [0.5, 0.6) is 0 Å². The van der Waals surface area contributed by atoms with Crippen molar-refractivity contribution in [1.82, 2.24) is 10.2 Å². The molecule has 2 heterocycles. The Labute approximate surface area is 166 Å². The van der Waals surface area contributed by atoms with Gasteiger partial charge in [0.15, 0.2) is 0 Å². The molecule has 6 atom stereocenters. The quantitative estimate of drug-likeness (QED) is 0.722. The molecule has 1 aromatic rings. The van der Waals surface area contributed by atoms with E-state index in [0.717, 1.165) is 50.4 Å². The third kappa shape index (κ3) is 4.34. The molecule has 1 aromatic carbocycles.